The standard InChI is InChI=1S/C26H27FO2/c1-4-8-20-11-14-22(15-12-20)26(2,3)19-28-18-21-13-16-24(27)25(17-21)29-23-9-6-5-7-10-23/h4-7,9-17H,1,8,18-19H2,2-3H3. The van der Waals surface area contributed by atoms with Crippen LogP contribution >= 0.6 is 0 Å². The Hall–Kier alpha value is -2.91. The largest absolute Gasteiger partial charge is 0.454 e. The molecule has 0 heterocycles. The van der Waals surface area contributed by atoms with Crippen molar-refractivity contribution >= 4 is 0 Å². The average molecular weight is 390 g/mol. The third kappa shape index (κ3) is 5.78. The van der Waals surface area contributed by atoms with E-state index in [0.29, 0.717) is 19.0 Å². The molecule has 0 bridgehead atoms. The zero-order valence-corrected chi connectivity index (χ0v) is 17.0. The molecule has 0 aliphatic carbocycles. The smallest absolute Gasteiger partial charge is 0.165 e. The maximum Gasteiger partial charge on any atom is 0.165 e. The summed E-state index contributed by atoms with van der Waals surface area (Å²) < 4.78 is 25.7. The van der Waals surface area contributed by atoms with E-state index in [0.717, 1.165) is 12.0 Å². The monoisotopic (exact) mass is 390 g/mol. The van der Waals surface area contributed by atoms with Crippen molar-refractivity contribution in [3.8, 4) is 11.5 Å². The molecule has 0 spiro atoms. The van der Waals surface area contributed by atoms with Crippen LogP contribution in [-0.4, -0.2) is 6.61 Å². The number of ether oxygens (including phenoxy) is 2. The van der Waals surface area contributed by atoms with E-state index in [4.69, 9.17) is 9.47 Å². The summed E-state index contributed by atoms with van der Waals surface area (Å²) in [4.78, 5) is 0. The van der Waals surface area contributed by atoms with Gasteiger partial charge in [-0.3, -0.25) is 0 Å². The van der Waals surface area contributed by atoms with E-state index in [1.807, 2.05) is 24.3 Å². The Morgan fingerprint density at radius 2 is 1.62 bits per heavy atom. The molecule has 0 aliphatic heterocycles. The lowest BCUT2D eigenvalue weighted by atomic mass is 9.85. The van der Waals surface area contributed by atoms with E-state index in [2.05, 4.69) is 44.7 Å². The fraction of sp³-hybridized carbons (Fsp3) is 0.231. The molecule has 2 nitrogen and oxygen atoms in total. The molecule has 0 saturated carbocycles. The van der Waals surface area contributed by atoms with Gasteiger partial charge in [0, 0.05) is 5.41 Å². The van der Waals surface area contributed by atoms with Crippen molar-refractivity contribution in [1.29, 1.82) is 0 Å². The molecule has 0 fully saturated rings. The summed E-state index contributed by atoms with van der Waals surface area (Å²) >= 11 is 0. The quantitative estimate of drug-likeness (QED) is 0.372. The summed E-state index contributed by atoms with van der Waals surface area (Å²) in [5.74, 6) is 0.414. The molecular formula is C26H27FO2. The van der Waals surface area contributed by atoms with Crippen molar-refractivity contribution in [2.45, 2.75) is 32.3 Å². The van der Waals surface area contributed by atoms with Crippen molar-refractivity contribution in [3.63, 3.8) is 0 Å². The molecule has 150 valence electrons. The highest BCUT2D eigenvalue weighted by Gasteiger charge is 2.21. The first kappa shape index (κ1) is 20.8. The first-order valence-corrected chi connectivity index (χ1v) is 9.77. The summed E-state index contributed by atoms with van der Waals surface area (Å²) in [5.41, 5.74) is 3.21. The SMILES string of the molecule is C=CCc1ccc(C(C)(C)COCc2ccc(F)c(Oc3ccccc3)c2)cc1. The predicted molar refractivity (Wildman–Crippen MR) is 116 cm³/mol. The zero-order valence-electron chi connectivity index (χ0n) is 17.0. The van der Waals surface area contributed by atoms with Gasteiger partial charge in [0.1, 0.15) is 5.75 Å². The Kier molecular flexibility index (Phi) is 6.84. The second kappa shape index (κ2) is 9.53. The molecule has 0 aromatic heterocycles. The minimum atomic E-state index is -0.391. The van der Waals surface area contributed by atoms with Gasteiger partial charge in [0.05, 0.1) is 13.2 Å². The van der Waals surface area contributed by atoms with Crippen molar-refractivity contribution in [2.24, 2.45) is 0 Å². The summed E-state index contributed by atoms with van der Waals surface area (Å²) in [6.07, 6.45) is 2.77. The third-order valence-corrected chi connectivity index (χ3v) is 4.81. The Morgan fingerprint density at radius 3 is 2.31 bits per heavy atom. The summed E-state index contributed by atoms with van der Waals surface area (Å²) in [6.45, 7) is 9.04. The van der Waals surface area contributed by atoms with E-state index in [1.165, 1.54) is 17.2 Å². The van der Waals surface area contributed by atoms with Crippen LogP contribution in [0.2, 0.25) is 0 Å². The van der Waals surface area contributed by atoms with Gasteiger partial charge in [0.25, 0.3) is 0 Å². The van der Waals surface area contributed by atoms with Gasteiger partial charge in [0.2, 0.25) is 0 Å². The Balaban J connectivity index is 1.60. The van der Waals surface area contributed by atoms with E-state index in [9.17, 15) is 4.39 Å². The molecule has 3 aromatic rings. The van der Waals surface area contributed by atoms with Crippen molar-refractivity contribution in [1.82, 2.24) is 0 Å². The van der Waals surface area contributed by atoms with Crippen LogP contribution in [0.1, 0.15) is 30.5 Å². The average Bonchev–Trinajstić information content (AvgIpc) is 2.72. The van der Waals surface area contributed by atoms with Crippen molar-refractivity contribution < 1.29 is 13.9 Å². The number of allylic oxidation sites excluding steroid dienone is 1. The van der Waals surface area contributed by atoms with Crippen LogP contribution in [0, 0.1) is 5.82 Å². The van der Waals surface area contributed by atoms with Gasteiger partial charge in [-0.1, -0.05) is 68.5 Å². The predicted octanol–water partition coefficient (Wildman–Crippen LogP) is 6.84. The molecule has 0 unspecified atom stereocenters. The summed E-state index contributed by atoms with van der Waals surface area (Å²) in [5, 5.41) is 0. The number of hydrogen-bond donors (Lipinski definition) is 0. The molecule has 0 N–H and O–H groups in total. The third-order valence-electron chi connectivity index (χ3n) is 4.81. The molecule has 0 amide bonds. The van der Waals surface area contributed by atoms with Gasteiger partial charge in [-0.25, -0.2) is 4.39 Å². The van der Waals surface area contributed by atoms with Crippen LogP contribution in [0.4, 0.5) is 4.39 Å². The molecule has 0 saturated heterocycles. The van der Waals surface area contributed by atoms with E-state index in [1.54, 1.807) is 24.3 Å². The highest BCUT2D eigenvalue weighted by atomic mass is 19.1. The van der Waals surface area contributed by atoms with Gasteiger partial charge < -0.3 is 9.47 Å². The topological polar surface area (TPSA) is 18.5 Å². The Morgan fingerprint density at radius 1 is 0.931 bits per heavy atom. The van der Waals surface area contributed by atoms with E-state index in [-0.39, 0.29) is 11.2 Å². The highest BCUT2D eigenvalue weighted by Crippen LogP contribution is 2.27. The van der Waals surface area contributed by atoms with Crippen LogP contribution in [0.5, 0.6) is 11.5 Å². The first-order chi connectivity index (χ1) is 14.0. The van der Waals surface area contributed by atoms with Gasteiger partial charge in [-0.05, 0) is 47.4 Å². The molecule has 3 aromatic carbocycles. The lowest BCUT2D eigenvalue weighted by Crippen LogP contribution is -2.24. The molecule has 0 aliphatic rings. The van der Waals surface area contributed by atoms with Gasteiger partial charge in [0.15, 0.2) is 11.6 Å². The minimum Gasteiger partial charge on any atom is -0.454 e. The van der Waals surface area contributed by atoms with Crippen molar-refractivity contribution in [2.75, 3.05) is 6.61 Å². The number of halogens is 1. The molecule has 3 rings (SSSR count). The maximum atomic E-state index is 14.1. The molecule has 29 heavy (non-hydrogen) atoms. The van der Waals surface area contributed by atoms with Gasteiger partial charge in [-0.2, -0.15) is 0 Å². The molecule has 3 heteroatoms. The van der Waals surface area contributed by atoms with Crippen molar-refractivity contribution in [3.05, 3.63) is 108 Å². The second-order valence-corrected chi connectivity index (χ2v) is 7.75. The Labute approximate surface area is 172 Å². The molecule has 0 radical (unpaired) electrons. The maximum absolute atomic E-state index is 14.1. The number of rotatable bonds is 9. The second-order valence-electron chi connectivity index (χ2n) is 7.75. The zero-order chi connectivity index (χ0) is 20.7. The minimum absolute atomic E-state index is 0.129. The highest BCUT2D eigenvalue weighted by molar-refractivity contribution is 5.35. The Bertz CT molecular complexity index is 931. The normalized spacial score (nSPS) is 11.3. The van der Waals surface area contributed by atoms with Crippen LogP contribution < -0.4 is 4.74 Å². The number of hydrogen-bond acceptors (Lipinski definition) is 2. The first-order valence-electron chi connectivity index (χ1n) is 9.77. The van der Waals surface area contributed by atoms with Crippen LogP contribution in [0.25, 0.3) is 0 Å². The molecule has 0 atom stereocenters. The molecular weight excluding hydrogens is 363 g/mol. The fourth-order valence-electron chi connectivity index (χ4n) is 3.10. The fourth-order valence-corrected chi connectivity index (χ4v) is 3.10. The number of para-hydroxylation sites is 1. The summed E-state index contributed by atoms with van der Waals surface area (Å²) in [6, 6.07) is 22.6. The number of benzene rings is 3. The van der Waals surface area contributed by atoms with E-state index < -0.39 is 5.82 Å². The lowest BCUT2D eigenvalue weighted by Gasteiger charge is -2.25. The van der Waals surface area contributed by atoms with Crippen LogP contribution in [0.15, 0.2) is 85.5 Å². The van der Waals surface area contributed by atoms with Crippen LogP contribution in [-0.2, 0) is 23.2 Å². The lowest BCUT2D eigenvalue weighted by molar-refractivity contribution is 0.0823. The van der Waals surface area contributed by atoms with Gasteiger partial charge >= 0.3 is 0 Å². The summed E-state index contributed by atoms with van der Waals surface area (Å²) in [7, 11) is 0. The van der Waals surface area contributed by atoms with E-state index >= 15 is 0 Å². The van der Waals surface area contributed by atoms with Crippen LogP contribution in [0.3, 0.4) is 0 Å². The van der Waals surface area contributed by atoms with Gasteiger partial charge in [-0.15, -0.1) is 6.58 Å².